The third kappa shape index (κ3) is 0.845. The second kappa shape index (κ2) is 2.17. The molecule has 10 heavy (non-hydrogen) atoms. The molecule has 58 valence electrons. The topological polar surface area (TPSA) is 58.9 Å². The number of aliphatic hydroxyl groups excluding tert-OH is 2. The van der Waals surface area contributed by atoms with Crippen LogP contribution >= 0.6 is 0 Å². The molecule has 2 aliphatic heterocycles. The normalized spacial score (nSPS) is 53.4. The van der Waals surface area contributed by atoms with Crippen LogP contribution in [0.4, 0.5) is 0 Å². The van der Waals surface area contributed by atoms with Gasteiger partial charge in [-0.25, -0.2) is 0 Å². The second-order valence-electron chi connectivity index (χ2n) is 2.73. The summed E-state index contributed by atoms with van der Waals surface area (Å²) < 4.78 is 10.2. The van der Waals surface area contributed by atoms with E-state index in [-0.39, 0.29) is 12.4 Å². The van der Waals surface area contributed by atoms with Crippen LogP contribution < -0.4 is 0 Å². The SMILES string of the molecule is O[C@@H]1[C@@H](O)C[C@@H]2OC[C@H]1O2. The van der Waals surface area contributed by atoms with Crippen LogP contribution in [0.3, 0.4) is 0 Å². The van der Waals surface area contributed by atoms with Crippen molar-refractivity contribution in [3.8, 4) is 0 Å². The Balaban J connectivity index is 2.09. The van der Waals surface area contributed by atoms with Crippen LogP contribution in [0.2, 0.25) is 0 Å². The summed E-state index contributed by atoms with van der Waals surface area (Å²) in [6.07, 6.45) is -1.65. The molecule has 2 saturated heterocycles. The summed E-state index contributed by atoms with van der Waals surface area (Å²) in [4.78, 5) is 0. The Morgan fingerprint density at radius 3 is 2.90 bits per heavy atom. The second-order valence-corrected chi connectivity index (χ2v) is 2.73. The zero-order valence-corrected chi connectivity index (χ0v) is 5.43. The maximum atomic E-state index is 9.21. The molecular formula is C6H10O4. The van der Waals surface area contributed by atoms with E-state index in [0.29, 0.717) is 13.0 Å². The average Bonchev–Trinajstić information content (AvgIpc) is 2.29. The number of hydrogen-bond donors (Lipinski definition) is 2. The lowest BCUT2D eigenvalue weighted by Crippen LogP contribution is -2.44. The highest BCUT2D eigenvalue weighted by Gasteiger charge is 2.42. The summed E-state index contributed by atoms with van der Waals surface area (Å²) in [5.41, 5.74) is 0. The molecule has 0 aromatic rings. The minimum atomic E-state index is -0.765. The molecule has 0 unspecified atom stereocenters. The Morgan fingerprint density at radius 1 is 1.30 bits per heavy atom. The van der Waals surface area contributed by atoms with Crippen molar-refractivity contribution in [2.45, 2.75) is 31.0 Å². The highest BCUT2D eigenvalue weighted by Crippen LogP contribution is 2.26. The minimum absolute atomic E-state index is 0.289. The van der Waals surface area contributed by atoms with Gasteiger partial charge in [-0.15, -0.1) is 0 Å². The van der Waals surface area contributed by atoms with Gasteiger partial charge in [-0.1, -0.05) is 0 Å². The van der Waals surface area contributed by atoms with Crippen LogP contribution in [-0.4, -0.2) is 41.4 Å². The molecule has 0 amide bonds. The van der Waals surface area contributed by atoms with Gasteiger partial charge in [0, 0.05) is 6.42 Å². The van der Waals surface area contributed by atoms with E-state index in [0.717, 1.165) is 0 Å². The van der Waals surface area contributed by atoms with Crippen molar-refractivity contribution in [2.24, 2.45) is 0 Å². The minimum Gasteiger partial charge on any atom is -0.390 e. The van der Waals surface area contributed by atoms with E-state index in [1.54, 1.807) is 0 Å². The molecule has 4 atom stereocenters. The predicted octanol–water partition coefficient (Wildman–Crippen LogP) is -1.15. The number of aliphatic hydroxyl groups is 2. The molecule has 0 radical (unpaired) electrons. The fourth-order valence-electron chi connectivity index (χ4n) is 1.36. The summed E-state index contributed by atoms with van der Waals surface area (Å²) in [5.74, 6) is 0. The molecule has 0 spiro atoms. The molecule has 0 saturated carbocycles. The smallest absolute Gasteiger partial charge is 0.160 e. The first-order valence-electron chi connectivity index (χ1n) is 3.40. The molecule has 2 N–H and O–H groups in total. The summed E-state index contributed by atoms with van der Waals surface area (Å²) in [6.45, 7) is 0.406. The standard InChI is InChI=1S/C6H10O4/c7-3-1-5-9-2-4(10-5)6(3)8/h3-8H,1-2H2/t3-,4+,5+,6+/m0/s1. The van der Waals surface area contributed by atoms with Crippen molar-refractivity contribution in [2.75, 3.05) is 6.61 Å². The lowest BCUT2D eigenvalue weighted by Gasteiger charge is -2.27. The zero-order chi connectivity index (χ0) is 7.14. The molecule has 2 aliphatic rings. The highest BCUT2D eigenvalue weighted by atomic mass is 16.7. The van der Waals surface area contributed by atoms with Crippen molar-refractivity contribution in [1.29, 1.82) is 0 Å². The molecule has 0 aliphatic carbocycles. The molecule has 4 heteroatoms. The van der Waals surface area contributed by atoms with Gasteiger partial charge in [0.25, 0.3) is 0 Å². The van der Waals surface area contributed by atoms with Gasteiger partial charge in [-0.3, -0.25) is 0 Å². The summed E-state index contributed by atoms with van der Waals surface area (Å²) in [7, 11) is 0. The number of rotatable bonds is 0. The number of ether oxygens (including phenoxy) is 2. The highest BCUT2D eigenvalue weighted by molar-refractivity contribution is 4.86. The van der Waals surface area contributed by atoms with Gasteiger partial charge in [0.2, 0.25) is 0 Å². The third-order valence-corrected chi connectivity index (χ3v) is 1.98. The lowest BCUT2D eigenvalue weighted by atomic mass is 10.0. The van der Waals surface area contributed by atoms with Crippen LogP contribution in [0.25, 0.3) is 0 Å². The van der Waals surface area contributed by atoms with Gasteiger partial charge in [0.1, 0.15) is 12.2 Å². The van der Waals surface area contributed by atoms with Crippen molar-refractivity contribution < 1.29 is 19.7 Å². The van der Waals surface area contributed by atoms with E-state index in [1.165, 1.54) is 0 Å². The Morgan fingerprint density at radius 2 is 2.10 bits per heavy atom. The monoisotopic (exact) mass is 146 g/mol. The van der Waals surface area contributed by atoms with Crippen LogP contribution in [0.5, 0.6) is 0 Å². The van der Waals surface area contributed by atoms with Crippen molar-refractivity contribution in [3.63, 3.8) is 0 Å². The molecular weight excluding hydrogens is 136 g/mol. The maximum Gasteiger partial charge on any atom is 0.160 e. The van der Waals surface area contributed by atoms with Gasteiger partial charge in [-0.05, 0) is 0 Å². The van der Waals surface area contributed by atoms with Gasteiger partial charge in [-0.2, -0.15) is 0 Å². The molecule has 0 aromatic heterocycles. The van der Waals surface area contributed by atoms with E-state index in [1.807, 2.05) is 0 Å². The summed E-state index contributed by atoms with van der Waals surface area (Å²) in [6, 6.07) is 0. The first kappa shape index (κ1) is 6.54. The van der Waals surface area contributed by atoms with Gasteiger partial charge in [0.05, 0.1) is 12.7 Å². The first-order valence-corrected chi connectivity index (χ1v) is 3.40. The van der Waals surface area contributed by atoms with Gasteiger partial charge >= 0.3 is 0 Å². The Kier molecular flexibility index (Phi) is 1.42. The van der Waals surface area contributed by atoms with E-state index >= 15 is 0 Å². The summed E-state index contributed by atoms with van der Waals surface area (Å²) >= 11 is 0. The molecule has 2 rings (SSSR count). The van der Waals surface area contributed by atoms with Crippen LogP contribution in [0, 0.1) is 0 Å². The maximum absolute atomic E-state index is 9.21. The molecule has 2 heterocycles. The Labute approximate surface area is 58.4 Å². The Bertz CT molecular complexity index is 138. The van der Waals surface area contributed by atoms with E-state index in [9.17, 15) is 5.11 Å². The van der Waals surface area contributed by atoms with Crippen molar-refractivity contribution in [3.05, 3.63) is 0 Å². The molecule has 4 nitrogen and oxygen atoms in total. The molecule has 0 aromatic carbocycles. The van der Waals surface area contributed by atoms with Gasteiger partial charge in [0.15, 0.2) is 6.29 Å². The largest absolute Gasteiger partial charge is 0.390 e. The predicted molar refractivity (Wildman–Crippen MR) is 31.2 cm³/mol. The fourth-order valence-corrected chi connectivity index (χ4v) is 1.36. The Hall–Kier alpha value is -0.160. The third-order valence-electron chi connectivity index (χ3n) is 1.98. The van der Waals surface area contributed by atoms with E-state index < -0.39 is 12.2 Å². The van der Waals surface area contributed by atoms with Crippen LogP contribution in [-0.2, 0) is 9.47 Å². The first-order chi connectivity index (χ1) is 4.77. The lowest BCUT2D eigenvalue weighted by molar-refractivity contribution is -0.165. The average molecular weight is 146 g/mol. The molecule has 2 fully saturated rings. The number of hydrogen-bond acceptors (Lipinski definition) is 4. The molecule has 2 bridgehead atoms. The number of fused-ring (bicyclic) bond motifs is 2. The van der Waals surface area contributed by atoms with Gasteiger partial charge < -0.3 is 19.7 Å². The van der Waals surface area contributed by atoms with Crippen LogP contribution in [0.1, 0.15) is 6.42 Å². The fraction of sp³-hybridized carbons (Fsp3) is 1.00. The zero-order valence-electron chi connectivity index (χ0n) is 5.43. The van der Waals surface area contributed by atoms with Crippen LogP contribution in [0.15, 0.2) is 0 Å². The van der Waals surface area contributed by atoms with Crippen molar-refractivity contribution in [1.82, 2.24) is 0 Å². The van der Waals surface area contributed by atoms with E-state index in [2.05, 4.69) is 0 Å². The summed E-state index contributed by atoms with van der Waals surface area (Å²) in [5, 5.41) is 18.4. The quantitative estimate of drug-likeness (QED) is 0.453. The van der Waals surface area contributed by atoms with Crippen molar-refractivity contribution >= 4 is 0 Å². The van der Waals surface area contributed by atoms with E-state index in [4.69, 9.17) is 14.6 Å².